The molecule has 0 amide bonds. The second-order valence-electron chi connectivity index (χ2n) is 11.6. The molecule has 6 nitrogen and oxygen atoms in total. The number of likely N-dealkylation sites (tertiary alicyclic amines) is 1. The summed E-state index contributed by atoms with van der Waals surface area (Å²) in [5.74, 6) is 0.998. The lowest BCUT2D eigenvalue weighted by Crippen LogP contribution is -2.43. The maximum atomic E-state index is 9.54. The van der Waals surface area contributed by atoms with Crippen molar-refractivity contribution in [2.24, 2.45) is 9.98 Å². The number of allylic oxidation sites excluding steroid dienone is 3. The van der Waals surface area contributed by atoms with Crippen LogP contribution in [0.1, 0.15) is 87.4 Å². The summed E-state index contributed by atoms with van der Waals surface area (Å²) in [4.78, 5) is 15.6. The number of nitriles is 1. The second kappa shape index (κ2) is 11.0. The smallest absolute Gasteiger partial charge is 0.111 e. The van der Waals surface area contributed by atoms with Crippen molar-refractivity contribution in [3.63, 3.8) is 0 Å². The van der Waals surface area contributed by atoms with Crippen LogP contribution in [0, 0.1) is 11.3 Å². The van der Waals surface area contributed by atoms with Gasteiger partial charge in [0.15, 0.2) is 0 Å². The van der Waals surface area contributed by atoms with Crippen LogP contribution in [0.15, 0.2) is 45.9 Å². The molecule has 0 spiro atoms. The summed E-state index contributed by atoms with van der Waals surface area (Å²) in [6.07, 6.45) is 13.2. The molecule has 3 aliphatic heterocycles. The third kappa shape index (κ3) is 4.90. The van der Waals surface area contributed by atoms with Gasteiger partial charge in [-0.3, -0.25) is 4.99 Å². The van der Waals surface area contributed by atoms with Crippen molar-refractivity contribution >= 4 is 28.5 Å². The van der Waals surface area contributed by atoms with Crippen molar-refractivity contribution < 1.29 is 4.74 Å². The molecule has 2 saturated heterocycles. The van der Waals surface area contributed by atoms with Gasteiger partial charge in [-0.2, -0.15) is 5.26 Å². The molecule has 6 rings (SSSR count). The van der Waals surface area contributed by atoms with Gasteiger partial charge in [0.2, 0.25) is 0 Å². The molecule has 1 unspecified atom stereocenters. The minimum absolute atomic E-state index is 0.0834. The maximum absolute atomic E-state index is 9.54. The van der Waals surface area contributed by atoms with E-state index in [1.54, 1.807) is 6.34 Å². The van der Waals surface area contributed by atoms with E-state index in [1.165, 1.54) is 72.1 Å². The highest BCUT2D eigenvalue weighted by atomic mass is 16.5. The maximum Gasteiger partial charge on any atom is 0.111 e. The summed E-state index contributed by atoms with van der Waals surface area (Å²) >= 11 is 0. The highest BCUT2D eigenvalue weighted by molar-refractivity contribution is 6.12. The Balaban J connectivity index is 1.30. The number of ether oxygens (including phenoxy) is 1. The number of nitrogens with zero attached hydrogens (tertiary/aromatic N) is 4. The summed E-state index contributed by atoms with van der Waals surface area (Å²) in [5.41, 5.74) is 8.38. The first-order chi connectivity index (χ1) is 18.6. The number of fused-ring (bicyclic) bond motifs is 2. The van der Waals surface area contributed by atoms with Gasteiger partial charge < -0.3 is 14.6 Å². The van der Waals surface area contributed by atoms with Crippen molar-refractivity contribution in [3.8, 4) is 6.07 Å². The van der Waals surface area contributed by atoms with Gasteiger partial charge in [-0.05, 0) is 104 Å². The zero-order valence-corrected chi connectivity index (χ0v) is 22.7. The molecule has 1 aliphatic carbocycles. The lowest BCUT2D eigenvalue weighted by Gasteiger charge is -2.39. The van der Waals surface area contributed by atoms with E-state index in [-0.39, 0.29) is 6.04 Å². The third-order valence-electron chi connectivity index (χ3n) is 8.93. The fraction of sp³-hybridized carbons (Fsp3) is 0.531. The van der Waals surface area contributed by atoms with E-state index in [1.807, 2.05) is 0 Å². The fourth-order valence-electron chi connectivity index (χ4n) is 6.92. The van der Waals surface area contributed by atoms with Crippen LogP contribution in [0.4, 0.5) is 0 Å². The van der Waals surface area contributed by atoms with Gasteiger partial charge in [-0.25, -0.2) is 4.99 Å². The Hall–Kier alpha value is -3.01. The molecule has 2 fully saturated rings. The van der Waals surface area contributed by atoms with E-state index >= 15 is 0 Å². The van der Waals surface area contributed by atoms with Crippen LogP contribution in [0.3, 0.4) is 0 Å². The van der Waals surface area contributed by atoms with Crippen LogP contribution >= 0.6 is 0 Å². The van der Waals surface area contributed by atoms with E-state index < -0.39 is 0 Å². The molecule has 6 heteroatoms. The first kappa shape index (κ1) is 25.3. The predicted octanol–water partition coefficient (Wildman–Crippen LogP) is 6.52. The van der Waals surface area contributed by atoms with Crippen LogP contribution in [0.2, 0.25) is 0 Å². The number of rotatable bonds is 5. The number of hydrogen-bond donors (Lipinski definition) is 1. The number of aromatic amines is 1. The van der Waals surface area contributed by atoms with Gasteiger partial charge in [-0.15, -0.1) is 0 Å². The number of nitrogens with one attached hydrogen (secondary N) is 1. The first-order valence-corrected chi connectivity index (χ1v) is 14.5. The third-order valence-corrected chi connectivity index (χ3v) is 8.93. The Labute approximate surface area is 226 Å². The highest BCUT2D eigenvalue weighted by Gasteiger charge is 2.28. The number of aromatic nitrogens is 1. The molecule has 4 aliphatic rings. The molecule has 1 aromatic carbocycles. The lowest BCUT2D eigenvalue weighted by atomic mass is 9.86. The van der Waals surface area contributed by atoms with Crippen LogP contribution in [0.5, 0.6) is 0 Å². The topological polar surface area (TPSA) is 76.8 Å². The van der Waals surface area contributed by atoms with E-state index in [0.717, 1.165) is 37.3 Å². The van der Waals surface area contributed by atoms with E-state index in [4.69, 9.17) is 4.74 Å². The number of aliphatic imine (C=N–C) groups is 2. The number of H-pyrrole nitrogens is 1. The Morgan fingerprint density at radius 2 is 1.95 bits per heavy atom. The SMILES string of the molecule is CC(C)c1c(C2=C/CCC3N=CN=C3/C(CC#N)=C\2)[nH]c2ccc(C3CCN(C4CCOCC4)CC3)cc12. The second-order valence-corrected chi connectivity index (χ2v) is 11.6. The Morgan fingerprint density at radius 1 is 1.13 bits per heavy atom. The van der Waals surface area contributed by atoms with Gasteiger partial charge in [0.05, 0.1) is 24.2 Å². The van der Waals surface area contributed by atoms with Crippen LogP contribution in [-0.2, 0) is 4.74 Å². The molecular weight excluding hydrogens is 470 g/mol. The number of benzene rings is 1. The molecule has 38 heavy (non-hydrogen) atoms. The summed E-state index contributed by atoms with van der Waals surface area (Å²) in [6.45, 7) is 8.80. The number of hydrogen-bond acceptors (Lipinski definition) is 5. The van der Waals surface area contributed by atoms with Crippen LogP contribution in [0.25, 0.3) is 16.5 Å². The first-order valence-electron chi connectivity index (χ1n) is 14.5. The van der Waals surface area contributed by atoms with Gasteiger partial charge in [0.1, 0.15) is 6.34 Å². The molecule has 0 bridgehead atoms. The quantitative estimate of drug-likeness (QED) is 0.499. The zero-order valence-electron chi connectivity index (χ0n) is 22.7. The van der Waals surface area contributed by atoms with Crippen molar-refractivity contribution in [2.45, 2.75) is 82.7 Å². The molecule has 1 N–H and O–H groups in total. The normalized spacial score (nSPS) is 26.3. The Kier molecular flexibility index (Phi) is 7.32. The van der Waals surface area contributed by atoms with Crippen LogP contribution < -0.4 is 0 Å². The van der Waals surface area contributed by atoms with Crippen LogP contribution in [-0.4, -0.2) is 60.3 Å². The summed E-state index contributed by atoms with van der Waals surface area (Å²) in [6, 6.07) is 10.2. The molecule has 1 aromatic heterocycles. The molecule has 4 heterocycles. The monoisotopic (exact) mass is 509 g/mol. The van der Waals surface area contributed by atoms with Gasteiger partial charge in [-0.1, -0.05) is 26.0 Å². The Bertz CT molecular complexity index is 1340. The molecule has 2 aromatic rings. The average Bonchev–Trinajstić information content (AvgIpc) is 3.55. The standard InChI is InChI=1S/C32H39N5O/c1-21(2)30-27-19-23(22-9-14-37(15-10-22)26-11-16-38-17-12-26)6-7-28(27)36-32(30)24-4-3-5-29-31(35-20-34-29)25(18-24)8-13-33/h4,6-7,18-22,26,29,36H,3,5,8-12,14-17H2,1-2H3/b24-4+,25-18-. The predicted molar refractivity (Wildman–Crippen MR) is 155 cm³/mol. The van der Waals surface area contributed by atoms with E-state index in [9.17, 15) is 5.26 Å². The van der Waals surface area contributed by atoms with Gasteiger partial charge in [0, 0.05) is 35.9 Å². The Morgan fingerprint density at radius 3 is 2.71 bits per heavy atom. The largest absolute Gasteiger partial charge is 0.381 e. The van der Waals surface area contributed by atoms with Crippen molar-refractivity contribution in [1.82, 2.24) is 9.88 Å². The molecule has 1 atom stereocenters. The minimum Gasteiger partial charge on any atom is -0.381 e. The minimum atomic E-state index is 0.0834. The zero-order chi connectivity index (χ0) is 26.1. The van der Waals surface area contributed by atoms with E-state index in [2.05, 4.69) is 70.1 Å². The molecule has 0 radical (unpaired) electrons. The fourth-order valence-corrected chi connectivity index (χ4v) is 6.92. The summed E-state index contributed by atoms with van der Waals surface area (Å²) < 4.78 is 5.58. The lowest BCUT2D eigenvalue weighted by molar-refractivity contribution is 0.0252. The summed E-state index contributed by atoms with van der Waals surface area (Å²) in [7, 11) is 0. The highest BCUT2D eigenvalue weighted by Crippen LogP contribution is 2.39. The molecule has 198 valence electrons. The summed E-state index contributed by atoms with van der Waals surface area (Å²) in [5, 5.41) is 10.9. The van der Waals surface area contributed by atoms with Crippen molar-refractivity contribution in [3.05, 3.63) is 52.7 Å². The average molecular weight is 510 g/mol. The van der Waals surface area contributed by atoms with Gasteiger partial charge >= 0.3 is 0 Å². The molecular formula is C32H39N5O. The van der Waals surface area contributed by atoms with Gasteiger partial charge in [0.25, 0.3) is 0 Å². The number of piperidine rings is 1. The van der Waals surface area contributed by atoms with Crippen molar-refractivity contribution in [1.29, 1.82) is 5.26 Å². The van der Waals surface area contributed by atoms with E-state index in [0.29, 0.717) is 24.3 Å². The molecule has 0 saturated carbocycles. The van der Waals surface area contributed by atoms with Crippen molar-refractivity contribution in [2.75, 3.05) is 26.3 Å².